The highest BCUT2D eigenvalue weighted by atomic mass is 35.5. The van der Waals surface area contributed by atoms with Gasteiger partial charge in [0.2, 0.25) is 5.89 Å². The molecule has 0 spiro atoms. The summed E-state index contributed by atoms with van der Waals surface area (Å²) < 4.78 is 16.3. The van der Waals surface area contributed by atoms with E-state index >= 15 is 0 Å². The van der Waals surface area contributed by atoms with Crippen LogP contribution in [-0.2, 0) is 4.74 Å². The average molecular weight is 337 g/mol. The quantitative estimate of drug-likeness (QED) is 0.846. The van der Waals surface area contributed by atoms with Crippen molar-refractivity contribution in [2.75, 3.05) is 20.2 Å². The van der Waals surface area contributed by atoms with Crippen molar-refractivity contribution >= 4 is 17.6 Å². The first kappa shape index (κ1) is 15.8. The molecule has 1 aliphatic rings. The summed E-state index contributed by atoms with van der Waals surface area (Å²) in [7, 11) is 1.32. The number of ether oxygens (including phenoxy) is 2. The first-order valence-corrected chi connectivity index (χ1v) is 7.71. The van der Waals surface area contributed by atoms with E-state index in [1.54, 1.807) is 18.3 Å². The Morgan fingerprint density at radius 3 is 3.04 bits per heavy atom. The maximum absolute atomic E-state index is 12.0. The minimum Gasteiger partial charge on any atom is -0.479 e. The van der Waals surface area contributed by atoms with Crippen LogP contribution in [0.4, 0.5) is 0 Å². The van der Waals surface area contributed by atoms with Gasteiger partial charge in [-0.3, -0.25) is 0 Å². The molecule has 2 heterocycles. The van der Waals surface area contributed by atoms with Crippen LogP contribution in [0.25, 0.3) is 0 Å². The zero-order chi connectivity index (χ0) is 16.2. The van der Waals surface area contributed by atoms with Crippen molar-refractivity contribution in [2.24, 2.45) is 5.92 Å². The van der Waals surface area contributed by atoms with E-state index in [4.69, 9.17) is 25.5 Å². The Balaban J connectivity index is 1.92. The van der Waals surface area contributed by atoms with Gasteiger partial charge in [-0.1, -0.05) is 11.6 Å². The van der Waals surface area contributed by atoms with E-state index < -0.39 is 5.97 Å². The molecular formula is C16H17ClN2O4. The second kappa shape index (κ2) is 7.02. The number of hydrogen-bond acceptors (Lipinski definition) is 6. The minimum atomic E-state index is -0.502. The van der Waals surface area contributed by atoms with Crippen LogP contribution in [0.15, 0.2) is 35.1 Å². The number of benzene rings is 1. The largest absolute Gasteiger partial charge is 0.479 e. The molecule has 0 radical (unpaired) electrons. The van der Waals surface area contributed by atoms with Gasteiger partial charge < -0.3 is 19.2 Å². The number of hydrogen-bond donors (Lipinski definition) is 1. The van der Waals surface area contributed by atoms with E-state index in [1.165, 1.54) is 19.4 Å². The van der Waals surface area contributed by atoms with Crippen molar-refractivity contribution in [1.29, 1.82) is 0 Å². The third-order valence-electron chi connectivity index (χ3n) is 3.82. The molecule has 1 aliphatic heterocycles. The number of nitrogens with zero attached hydrogens (tertiary/aromatic N) is 1. The summed E-state index contributed by atoms with van der Waals surface area (Å²) in [5.41, 5.74) is 0.280. The Hall–Kier alpha value is -2.05. The summed E-state index contributed by atoms with van der Waals surface area (Å²) in [5.74, 6) is 0.592. The monoisotopic (exact) mass is 336 g/mol. The summed E-state index contributed by atoms with van der Waals surface area (Å²) in [4.78, 5) is 16.2. The normalized spacial score (nSPS) is 18.6. The molecule has 7 heteroatoms. The summed E-state index contributed by atoms with van der Waals surface area (Å²) in [6, 6.07) is 4.86. The molecule has 0 saturated carbocycles. The van der Waals surface area contributed by atoms with Crippen LogP contribution in [0.5, 0.6) is 5.75 Å². The molecule has 1 saturated heterocycles. The number of halogens is 1. The number of rotatable bonds is 5. The van der Waals surface area contributed by atoms with Crippen molar-refractivity contribution in [3.05, 3.63) is 47.1 Å². The summed E-state index contributed by atoms with van der Waals surface area (Å²) in [5, 5.41) is 3.73. The number of oxazole rings is 1. The number of carbonyl (C=O) groups is 1. The third kappa shape index (κ3) is 3.48. The van der Waals surface area contributed by atoms with Gasteiger partial charge in [0, 0.05) is 17.5 Å². The fraction of sp³-hybridized carbons (Fsp3) is 0.375. The van der Waals surface area contributed by atoms with Gasteiger partial charge in [0.1, 0.15) is 17.6 Å². The zero-order valence-electron chi connectivity index (χ0n) is 12.6. The Morgan fingerprint density at radius 2 is 2.39 bits per heavy atom. The minimum absolute atomic E-state index is 0.204. The molecule has 1 aromatic heterocycles. The molecule has 0 amide bonds. The highest BCUT2D eigenvalue weighted by molar-refractivity contribution is 6.31. The molecule has 0 bridgehead atoms. The van der Waals surface area contributed by atoms with Crippen LogP contribution in [0.2, 0.25) is 5.02 Å². The molecular weight excluding hydrogens is 320 g/mol. The average Bonchev–Trinajstić information content (AvgIpc) is 3.26. The van der Waals surface area contributed by atoms with Crippen LogP contribution >= 0.6 is 11.6 Å². The van der Waals surface area contributed by atoms with Crippen LogP contribution < -0.4 is 10.1 Å². The molecule has 1 fully saturated rings. The van der Waals surface area contributed by atoms with Gasteiger partial charge in [-0.25, -0.2) is 9.78 Å². The number of aromatic nitrogens is 1. The molecule has 3 rings (SSSR count). The van der Waals surface area contributed by atoms with Crippen LogP contribution in [-0.4, -0.2) is 31.2 Å². The Bertz CT molecular complexity index is 669. The van der Waals surface area contributed by atoms with Crippen LogP contribution in [0, 0.1) is 5.92 Å². The van der Waals surface area contributed by atoms with Crippen molar-refractivity contribution in [3.8, 4) is 5.75 Å². The van der Waals surface area contributed by atoms with E-state index in [0.29, 0.717) is 16.7 Å². The van der Waals surface area contributed by atoms with Crippen molar-refractivity contribution in [1.82, 2.24) is 10.3 Å². The SMILES string of the molecule is COC(=O)c1cc(Cl)ccc1OC(c1ncco1)C1CCNC1. The fourth-order valence-electron chi connectivity index (χ4n) is 2.67. The molecule has 2 atom stereocenters. The topological polar surface area (TPSA) is 73.6 Å². The van der Waals surface area contributed by atoms with Gasteiger partial charge in [0.25, 0.3) is 0 Å². The molecule has 122 valence electrons. The van der Waals surface area contributed by atoms with E-state index in [1.807, 2.05) is 0 Å². The lowest BCUT2D eigenvalue weighted by molar-refractivity contribution is 0.0583. The van der Waals surface area contributed by atoms with Crippen molar-refractivity contribution in [3.63, 3.8) is 0 Å². The number of esters is 1. The molecule has 1 aromatic carbocycles. The standard InChI is InChI=1S/C16H17ClN2O4/c1-21-16(20)12-8-11(17)2-3-13(12)23-14(10-4-5-18-9-10)15-19-6-7-22-15/h2-3,6-8,10,14,18H,4-5,9H2,1H3. The highest BCUT2D eigenvalue weighted by Crippen LogP contribution is 2.34. The molecule has 23 heavy (non-hydrogen) atoms. The Morgan fingerprint density at radius 1 is 1.52 bits per heavy atom. The maximum Gasteiger partial charge on any atom is 0.341 e. The van der Waals surface area contributed by atoms with Crippen molar-refractivity contribution < 1.29 is 18.7 Å². The lowest BCUT2D eigenvalue weighted by Gasteiger charge is -2.22. The van der Waals surface area contributed by atoms with E-state index in [2.05, 4.69) is 10.3 Å². The molecule has 1 N–H and O–H groups in total. The number of nitrogens with one attached hydrogen (secondary N) is 1. The second-order valence-electron chi connectivity index (χ2n) is 5.29. The Labute approximate surface area is 138 Å². The third-order valence-corrected chi connectivity index (χ3v) is 4.06. The predicted octanol–water partition coefficient (Wildman–Crippen LogP) is 2.84. The Kier molecular flexibility index (Phi) is 4.83. The summed E-state index contributed by atoms with van der Waals surface area (Å²) >= 11 is 5.98. The maximum atomic E-state index is 12.0. The van der Waals surface area contributed by atoms with Gasteiger partial charge in [-0.15, -0.1) is 0 Å². The fourth-order valence-corrected chi connectivity index (χ4v) is 2.84. The van der Waals surface area contributed by atoms with Gasteiger partial charge in [-0.2, -0.15) is 0 Å². The molecule has 2 unspecified atom stereocenters. The predicted molar refractivity (Wildman–Crippen MR) is 83.6 cm³/mol. The van der Waals surface area contributed by atoms with Crippen LogP contribution in [0.3, 0.4) is 0 Å². The first-order chi connectivity index (χ1) is 11.2. The van der Waals surface area contributed by atoms with E-state index in [0.717, 1.165) is 19.5 Å². The van der Waals surface area contributed by atoms with Gasteiger partial charge in [0.05, 0.1) is 13.3 Å². The van der Waals surface area contributed by atoms with Crippen molar-refractivity contribution in [2.45, 2.75) is 12.5 Å². The molecule has 0 aliphatic carbocycles. The number of carbonyl (C=O) groups excluding carboxylic acids is 1. The van der Waals surface area contributed by atoms with E-state index in [9.17, 15) is 4.79 Å². The second-order valence-corrected chi connectivity index (χ2v) is 5.73. The summed E-state index contributed by atoms with van der Waals surface area (Å²) in [6.07, 6.45) is 3.65. The number of methoxy groups -OCH3 is 1. The smallest absolute Gasteiger partial charge is 0.341 e. The van der Waals surface area contributed by atoms with E-state index in [-0.39, 0.29) is 17.6 Å². The molecule has 6 nitrogen and oxygen atoms in total. The highest BCUT2D eigenvalue weighted by Gasteiger charge is 2.32. The summed E-state index contributed by atoms with van der Waals surface area (Å²) in [6.45, 7) is 1.71. The van der Waals surface area contributed by atoms with Gasteiger partial charge >= 0.3 is 5.97 Å². The van der Waals surface area contributed by atoms with Crippen LogP contribution in [0.1, 0.15) is 28.8 Å². The molecule has 2 aromatic rings. The van der Waals surface area contributed by atoms with Gasteiger partial charge in [0.15, 0.2) is 6.10 Å². The lowest BCUT2D eigenvalue weighted by atomic mass is 10.0. The first-order valence-electron chi connectivity index (χ1n) is 7.33. The zero-order valence-corrected chi connectivity index (χ0v) is 13.4. The van der Waals surface area contributed by atoms with Gasteiger partial charge in [-0.05, 0) is 31.2 Å². The lowest BCUT2D eigenvalue weighted by Crippen LogP contribution is -2.22.